The number of nitrogens with one attached hydrogen (secondary N) is 1. The van der Waals surface area contributed by atoms with Crippen molar-refractivity contribution in [3.63, 3.8) is 0 Å². The van der Waals surface area contributed by atoms with Gasteiger partial charge in [0.1, 0.15) is 0 Å². The molecule has 4 heavy (non-hydrogen) atoms. The summed E-state index contributed by atoms with van der Waals surface area (Å²) >= 11 is -0.00154. The lowest BCUT2D eigenvalue weighted by molar-refractivity contribution is 0.689. The molecule has 0 atom stereocenters. The van der Waals surface area contributed by atoms with Crippen molar-refractivity contribution in [2.24, 2.45) is 0 Å². The maximum Gasteiger partial charge on any atom is 0.0778 e. The summed E-state index contributed by atoms with van der Waals surface area (Å²) in [5.41, 5.74) is 0. The van der Waals surface area contributed by atoms with Crippen LogP contribution in [0, 0.1) is 0 Å². The van der Waals surface area contributed by atoms with Crippen LogP contribution in [-0.2, 0) is 11.9 Å². The van der Waals surface area contributed by atoms with E-state index < -0.39 is 0 Å². The Morgan fingerprint density at radius 2 is 2.25 bits per heavy atom. The van der Waals surface area contributed by atoms with E-state index in [4.69, 9.17) is 4.21 Å². The molecule has 3 heteroatoms. The van der Waals surface area contributed by atoms with Gasteiger partial charge in [-0.15, -0.1) is 0 Å². The first-order valence-electron chi connectivity index (χ1n) is 0.906. The van der Waals surface area contributed by atoms with Gasteiger partial charge in [-0.1, -0.05) is 0 Å². The summed E-state index contributed by atoms with van der Waals surface area (Å²) in [7, 11) is 1.61. The Balaban J connectivity index is 2.30. The molecule has 0 amide bonds. The van der Waals surface area contributed by atoms with Crippen LogP contribution in [0.1, 0.15) is 0 Å². The quantitative estimate of drug-likeness (QED) is 0.390. The maximum absolute atomic E-state index is 9.16. The van der Waals surface area contributed by atoms with Gasteiger partial charge in [0.05, 0.1) is 11.9 Å². The zero-order valence-corrected chi connectivity index (χ0v) is 3.25. The fourth-order valence-electron chi connectivity index (χ4n) is 0. The van der Waals surface area contributed by atoms with Gasteiger partial charge < -0.3 is 0 Å². The van der Waals surface area contributed by atoms with Crippen LogP contribution in [0.5, 0.6) is 0 Å². The number of thiol groups is 1. The molecule has 0 aromatic carbocycles. The molecule has 2 nitrogen and oxygen atoms in total. The molecule has 0 aromatic heterocycles. The normalized spacial score (nSPS) is 7.25. The largest absolute Gasteiger partial charge is 0.246 e. The van der Waals surface area contributed by atoms with Crippen LogP contribution >= 0.6 is 0 Å². The van der Waals surface area contributed by atoms with Crippen LogP contribution in [0.3, 0.4) is 0 Å². The van der Waals surface area contributed by atoms with Crippen molar-refractivity contribution in [3.8, 4) is 0 Å². The average molecular weight is 79.1 g/mol. The molecule has 0 saturated heterocycles. The highest BCUT2D eigenvalue weighted by Gasteiger charge is 1.42. The number of rotatable bonds is 1. The minimum Gasteiger partial charge on any atom is -0.246 e. The third kappa shape index (κ3) is 2.11. The van der Waals surface area contributed by atoms with E-state index >= 15 is 0 Å². The topological polar surface area (TPSA) is 29.1 Å². The van der Waals surface area contributed by atoms with E-state index in [1.165, 1.54) is 0 Å². The molecular weight excluding hydrogens is 74.1 g/mol. The molecule has 0 radical (unpaired) electrons. The van der Waals surface area contributed by atoms with Gasteiger partial charge in [0.2, 0.25) is 0 Å². The molecule has 0 saturated carbocycles. The van der Waals surface area contributed by atoms with E-state index in [-0.39, 0.29) is 11.9 Å². The highest BCUT2D eigenvalue weighted by molar-refractivity contribution is 7.63. The average Bonchev–Trinajstić information content (AvgIpc) is 1.37. The van der Waals surface area contributed by atoms with Gasteiger partial charge in [-0.25, -0.2) is 8.93 Å². The second kappa shape index (κ2) is 3.11. The maximum atomic E-state index is 9.16. The van der Waals surface area contributed by atoms with E-state index in [2.05, 4.69) is 4.72 Å². The van der Waals surface area contributed by atoms with Crippen LogP contribution in [-0.4, -0.2) is 11.3 Å². The smallest absolute Gasteiger partial charge is 0.0778 e. The van der Waals surface area contributed by atoms with E-state index in [9.17, 15) is 0 Å². The second-order valence-corrected chi connectivity index (χ2v) is 0.945. The Morgan fingerprint density at radius 3 is 2.25 bits per heavy atom. The monoisotopic (exact) mass is 79.0 g/mol. The van der Waals surface area contributed by atoms with Gasteiger partial charge in [-0.05, 0) is 7.05 Å². The van der Waals surface area contributed by atoms with Gasteiger partial charge in [-0.3, -0.25) is 0 Å². The van der Waals surface area contributed by atoms with Crippen molar-refractivity contribution in [2.45, 2.75) is 0 Å². The highest BCUT2D eigenvalue weighted by atomic mass is 32.2. The Kier molecular flexibility index (Phi) is 3.20. The lowest BCUT2D eigenvalue weighted by atomic mass is 11.6. The minimum absolute atomic E-state index is 0.00154. The molecule has 0 fully saturated rings. The fourth-order valence-corrected chi connectivity index (χ4v) is 0. The van der Waals surface area contributed by atoms with Crippen molar-refractivity contribution in [2.75, 3.05) is 7.05 Å². The molecule has 0 spiro atoms. The molecule has 0 unspecified atom stereocenters. The van der Waals surface area contributed by atoms with Gasteiger partial charge in [0, 0.05) is 0 Å². The van der Waals surface area contributed by atoms with E-state index in [0.717, 1.165) is 0 Å². The zero-order chi connectivity index (χ0) is 3.41. The predicted molar refractivity (Wildman–Crippen MR) is 18.6 cm³/mol. The van der Waals surface area contributed by atoms with Crippen LogP contribution in [0.15, 0.2) is 0 Å². The molecule has 26 valence electrons. The summed E-state index contributed by atoms with van der Waals surface area (Å²) in [6.45, 7) is 0. The molecule has 0 bridgehead atoms. The molecule has 0 heterocycles. The first-order chi connectivity index (χ1) is 1.91. The Hall–Kier alpha value is 0.110. The lowest BCUT2D eigenvalue weighted by Gasteiger charge is -1.62. The summed E-state index contributed by atoms with van der Waals surface area (Å²) in [5.74, 6) is 0. The zero-order valence-electron chi connectivity index (χ0n) is 2.36. The minimum atomic E-state index is -0.00154. The molecule has 0 aliphatic rings. The standard InChI is InChI=1S/CH5NOS/c1-2-4-3/h4H,1H3,(H,2,3). The first kappa shape index (κ1) is 4.11. The highest BCUT2D eigenvalue weighted by Crippen LogP contribution is 1.18. The van der Waals surface area contributed by atoms with Crippen molar-refractivity contribution < 1.29 is 4.21 Å². The van der Waals surface area contributed by atoms with Crippen molar-refractivity contribution >= 4 is 11.9 Å². The van der Waals surface area contributed by atoms with Gasteiger partial charge >= 0.3 is 0 Å². The summed E-state index contributed by atoms with van der Waals surface area (Å²) in [4.78, 5) is 0. The molecule has 0 aliphatic carbocycles. The molecular formula is CH5NOS. The molecule has 0 aromatic rings. The van der Waals surface area contributed by atoms with Gasteiger partial charge in [0.25, 0.3) is 0 Å². The molecule has 0 aliphatic heterocycles. The number of hydrogen-bond donors (Lipinski definition) is 2. The molecule has 1 N–H and O–H groups in total. The summed E-state index contributed by atoms with van der Waals surface area (Å²) in [5, 5.41) is 0. The summed E-state index contributed by atoms with van der Waals surface area (Å²) < 4.78 is 11.5. The van der Waals surface area contributed by atoms with E-state index in [1.54, 1.807) is 7.05 Å². The Morgan fingerprint density at radius 1 is 2.00 bits per heavy atom. The summed E-state index contributed by atoms with van der Waals surface area (Å²) in [6.07, 6.45) is 0. The third-order valence-corrected chi connectivity index (χ3v) is 0.274. The van der Waals surface area contributed by atoms with Crippen molar-refractivity contribution in [3.05, 3.63) is 0 Å². The lowest BCUT2D eigenvalue weighted by Crippen LogP contribution is -1.92. The fraction of sp³-hybridized carbons (Fsp3) is 1.00. The van der Waals surface area contributed by atoms with Crippen LogP contribution in [0.2, 0.25) is 0 Å². The second-order valence-electron chi connectivity index (χ2n) is 0.315. The third-order valence-electron chi connectivity index (χ3n) is 0.0913. The van der Waals surface area contributed by atoms with Crippen molar-refractivity contribution in [1.82, 2.24) is 4.72 Å². The van der Waals surface area contributed by atoms with Gasteiger partial charge in [0.15, 0.2) is 0 Å². The Bertz CT molecular complexity index is 22.0. The first-order valence-corrected chi connectivity index (χ1v) is 1.72. The van der Waals surface area contributed by atoms with E-state index in [1.807, 2.05) is 0 Å². The molecule has 0 rings (SSSR count). The van der Waals surface area contributed by atoms with Crippen LogP contribution in [0.4, 0.5) is 0 Å². The predicted octanol–water partition coefficient (Wildman–Crippen LogP) is -0.934. The van der Waals surface area contributed by atoms with Crippen LogP contribution in [0.25, 0.3) is 0 Å². The number of hydrogen-bond acceptors (Lipinski definition) is 1. The summed E-state index contributed by atoms with van der Waals surface area (Å²) in [6, 6.07) is 0. The van der Waals surface area contributed by atoms with Crippen LogP contribution < -0.4 is 4.72 Å². The Labute approximate surface area is 28.8 Å². The van der Waals surface area contributed by atoms with Crippen molar-refractivity contribution in [1.29, 1.82) is 0 Å². The van der Waals surface area contributed by atoms with E-state index in [0.29, 0.717) is 0 Å². The SMILES string of the molecule is CN[SH]=O. The van der Waals surface area contributed by atoms with Gasteiger partial charge in [-0.2, -0.15) is 0 Å².